The fourth-order valence-corrected chi connectivity index (χ4v) is 4.77. The molecule has 0 fully saturated rings. The first-order chi connectivity index (χ1) is 18.7. The molecule has 38 heavy (non-hydrogen) atoms. The summed E-state index contributed by atoms with van der Waals surface area (Å²) in [6, 6.07) is 30.8. The van der Waals surface area contributed by atoms with Gasteiger partial charge in [0, 0.05) is 41.7 Å². The molecule has 186 valence electrons. The molecular weight excluding hydrogens is 474 g/mol. The first kappa shape index (κ1) is 23.4. The maximum absolute atomic E-state index is 13.8. The van der Waals surface area contributed by atoms with E-state index in [-0.39, 0.29) is 11.9 Å². The second-order valence-electron chi connectivity index (χ2n) is 8.93. The van der Waals surface area contributed by atoms with Gasteiger partial charge >= 0.3 is 0 Å². The highest BCUT2D eigenvalue weighted by molar-refractivity contribution is 6.05. The Hall–Kier alpha value is -5.04. The second-order valence-corrected chi connectivity index (χ2v) is 8.93. The van der Waals surface area contributed by atoms with Crippen LogP contribution >= 0.6 is 0 Å². The number of amides is 1. The lowest BCUT2D eigenvalue weighted by atomic mass is 9.96. The monoisotopic (exact) mass is 499 g/mol. The minimum atomic E-state index is -0.372. The molecule has 3 heterocycles. The second kappa shape index (κ2) is 10.1. The number of para-hydroxylation sites is 2. The summed E-state index contributed by atoms with van der Waals surface area (Å²) in [6.07, 6.45) is 5.78. The summed E-state index contributed by atoms with van der Waals surface area (Å²) in [7, 11) is 1.65. The third-order valence-corrected chi connectivity index (χ3v) is 6.64. The molecule has 0 bridgehead atoms. The summed E-state index contributed by atoms with van der Waals surface area (Å²) in [5, 5.41) is 11.5. The number of hydrogen-bond donors (Lipinski definition) is 0. The highest BCUT2D eigenvalue weighted by atomic mass is 16.5. The van der Waals surface area contributed by atoms with Gasteiger partial charge in [0.2, 0.25) is 0 Å². The SMILES string of the molecule is COc1ccccc1-c1nn(-c2ccccc2)cc1C1CC(c2ccccc2)=NN1C(=O)c1ccncc1. The van der Waals surface area contributed by atoms with Gasteiger partial charge in [-0.05, 0) is 42.0 Å². The van der Waals surface area contributed by atoms with E-state index in [9.17, 15) is 4.79 Å². The zero-order valence-corrected chi connectivity index (χ0v) is 20.8. The van der Waals surface area contributed by atoms with E-state index in [1.165, 1.54) is 0 Å². The molecular formula is C31H25N5O2. The topological polar surface area (TPSA) is 72.6 Å². The van der Waals surface area contributed by atoms with Gasteiger partial charge in [-0.1, -0.05) is 60.7 Å². The Bertz CT molecular complexity index is 1600. The van der Waals surface area contributed by atoms with Gasteiger partial charge in [-0.3, -0.25) is 9.78 Å². The Kier molecular flexibility index (Phi) is 6.24. The molecule has 5 aromatic rings. The van der Waals surface area contributed by atoms with E-state index < -0.39 is 0 Å². The maximum Gasteiger partial charge on any atom is 0.274 e. The Morgan fingerprint density at radius 1 is 0.868 bits per heavy atom. The fraction of sp³-hybridized carbons (Fsp3) is 0.0968. The highest BCUT2D eigenvalue weighted by Crippen LogP contribution is 2.41. The van der Waals surface area contributed by atoms with Crippen LogP contribution in [-0.2, 0) is 0 Å². The van der Waals surface area contributed by atoms with Crippen LogP contribution in [0.1, 0.15) is 33.9 Å². The lowest BCUT2D eigenvalue weighted by Crippen LogP contribution is -2.27. The van der Waals surface area contributed by atoms with E-state index in [0.717, 1.165) is 33.8 Å². The van der Waals surface area contributed by atoms with Crippen LogP contribution in [0.25, 0.3) is 16.9 Å². The number of nitrogens with zero attached hydrogens (tertiary/aromatic N) is 5. The predicted molar refractivity (Wildman–Crippen MR) is 146 cm³/mol. The van der Waals surface area contributed by atoms with E-state index in [1.54, 1.807) is 36.6 Å². The van der Waals surface area contributed by atoms with Crippen LogP contribution in [0.15, 0.2) is 121 Å². The van der Waals surface area contributed by atoms with Crippen molar-refractivity contribution in [3.8, 4) is 22.7 Å². The van der Waals surface area contributed by atoms with Crippen molar-refractivity contribution >= 4 is 11.6 Å². The molecule has 0 saturated carbocycles. The molecule has 1 aliphatic heterocycles. The molecule has 0 radical (unpaired) electrons. The average Bonchev–Trinajstić information content (AvgIpc) is 3.63. The van der Waals surface area contributed by atoms with E-state index in [2.05, 4.69) is 4.98 Å². The van der Waals surface area contributed by atoms with Crippen molar-refractivity contribution < 1.29 is 9.53 Å². The largest absolute Gasteiger partial charge is 0.496 e. The zero-order chi connectivity index (χ0) is 25.9. The van der Waals surface area contributed by atoms with Crippen LogP contribution in [0.2, 0.25) is 0 Å². The number of hydrazone groups is 1. The van der Waals surface area contributed by atoms with E-state index in [1.807, 2.05) is 95.8 Å². The van der Waals surface area contributed by atoms with E-state index >= 15 is 0 Å². The van der Waals surface area contributed by atoms with Crippen molar-refractivity contribution in [3.05, 3.63) is 132 Å². The summed E-state index contributed by atoms with van der Waals surface area (Å²) in [5.41, 5.74) is 5.75. The standard InChI is InChI=1S/C31H25N5O2/c1-38-29-15-9-8-14-25(29)30-26(21-35(34-30)24-12-6-3-7-13-24)28-20-27(22-10-4-2-5-11-22)33-36(28)31(37)23-16-18-32-19-17-23/h2-19,21,28H,20H2,1H3. The number of aromatic nitrogens is 3. The van der Waals surface area contributed by atoms with Crippen molar-refractivity contribution in [1.29, 1.82) is 0 Å². The van der Waals surface area contributed by atoms with Gasteiger partial charge in [-0.25, -0.2) is 9.69 Å². The molecule has 1 atom stereocenters. The lowest BCUT2D eigenvalue weighted by Gasteiger charge is -2.22. The van der Waals surface area contributed by atoms with Crippen molar-refractivity contribution in [2.24, 2.45) is 5.10 Å². The van der Waals surface area contributed by atoms with Gasteiger partial charge in [0.05, 0.1) is 24.6 Å². The normalized spacial score (nSPS) is 14.8. The summed E-state index contributed by atoms with van der Waals surface area (Å²) in [6.45, 7) is 0. The first-order valence-corrected chi connectivity index (χ1v) is 12.4. The molecule has 1 amide bonds. The van der Waals surface area contributed by atoms with Crippen LogP contribution in [-0.4, -0.2) is 38.5 Å². The van der Waals surface area contributed by atoms with Crippen LogP contribution in [0.3, 0.4) is 0 Å². The first-order valence-electron chi connectivity index (χ1n) is 12.4. The van der Waals surface area contributed by atoms with Crippen LogP contribution in [0, 0.1) is 0 Å². The Morgan fingerprint density at radius 3 is 2.29 bits per heavy atom. The minimum Gasteiger partial charge on any atom is -0.496 e. The Labute approximate surface area is 220 Å². The summed E-state index contributed by atoms with van der Waals surface area (Å²) < 4.78 is 7.55. The van der Waals surface area contributed by atoms with Crippen LogP contribution in [0.5, 0.6) is 5.75 Å². The molecule has 7 nitrogen and oxygen atoms in total. The number of ether oxygens (including phenoxy) is 1. The number of hydrogen-bond acceptors (Lipinski definition) is 5. The van der Waals surface area contributed by atoms with Gasteiger partial charge in [0.15, 0.2) is 0 Å². The number of carbonyl (C=O) groups excluding carboxylic acids is 1. The molecule has 0 aliphatic carbocycles. The van der Waals surface area contributed by atoms with Crippen molar-refractivity contribution in [1.82, 2.24) is 19.8 Å². The average molecular weight is 500 g/mol. The molecule has 6 rings (SSSR count). The Balaban J connectivity index is 1.52. The number of methoxy groups -OCH3 is 1. The zero-order valence-electron chi connectivity index (χ0n) is 20.8. The molecule has 1 unspecified atom stereocenters. The highest BCUT2D eigenvalue weighted by Gasteiger charge is 2.37. The predicted octanol–water partition coefficient (Wildman–Crippen LogP) is 5.93. The molecule has 0 N–H and O–H groups in total. The maximum atomic E-state index is 13.8. The van der Waals surface area contributed by atoms with Gasteiger partial charge < -0.3 is 4.74 Å². The molecule has 2 aromatic heterocycles. The fourth-order valence-electron chi connectivity index (χ4n) is 4.77. The summed E-state index contributed by atoms with van der Waals surface area (Å²) in [5.74, 6) is 0.517. The van der Waals surface area contributed by atoms with Gasteiger partial charge in [0.25, 0.3) is 5.91 Å². The lowest BCUT2D eigenvalue weighted by molar-refractivity contribution is 0.0711. The quantitative estimate of drug-likeness (QED) is 0.290. The van der Waals surface area contributed by atoms with Crippen molar-refractivity contribution in [3.63, 3.8) is 0 Å². The number of rotatable bonds is 6. The number of benzene rings is 3. The molecule has 0 saturated heterocycles. The smallest absolute Gasteiger partial charge is 0.274 e. The van der Waals surface area contributed by atoms with Crippen molar-refractivity contribution in [2.45, 2.75) is 12.5 Å². The molecule has 7 heteroatoms. The summed E-state index contributed by atoms with van der Waals surface area (Å²) >= 11 is 0. The molecule has 0 spiro atoms. The van der Waals surface area contributed by atoms with E-state index in [4.69, 9.17) is 14.9 Å². The van der Waals surface area contributed by atoms with Gasteiger partial charge in [-0.2, -0.15) is 10.2 Å². The number of pyridine rings is 1. The Morgan fingerprint density at radius 2 is 1.55 bits per heavy atom. The van der Waals surface area contributed by atoms with Gasteiger partial charge in [-0.15, -0.1) is 0 Å². The minimum absolute atomic E-state index is 0.193. The van der Waals surface area contributed by atoms with Gasteiger partial charge in [0.1, 0.15) is 11.4 Å². The van der Waals surface area contributed by atoms with E-state index in [0.29, 0.717) is 17.7 Å². The molecule has 1 aliphatic rings. The van der Waals surface area contributed by atoms with Crippen molar-refractivity contribution in [2.75, 3.05) is 7.11 Å². The third kappa shape index (κ3) is 4.35. The molecule has 3 aromatic carbocycles. The van der Waals surface area contributed by atoms with Crippen LogP contribution < -0.4 is 4.74 Å². The summed E-state index contributed by atoms with van der Waals surface area (Å²) in [4.78, 5) is 17.9. The number of carbonyl (C=O) groups is 1. The third-order valence-electron chi connectivity index (χ3n) is 6.64. The van der Waals surface area contributed by atoms with Crippen LogP contribution in [0.4, 0.5) is 0 Å².